The summed E-state index contributed by atoms with van der Waals surface area (Å²) >= 11 is 13.8. The van der Waals surface area contributed by atoms with E-state index in [9.17, 15) is 4.79 Å². The Morgan fingerprint density at radius 2 is 2.08 bits per heavy atom. The lowest BCUT2D eigenvalue weighted by Crippen LogP contribution is -2.20. The molecule has 0 saturated carbocycles. The van der Waals surface area contributed by atoms with Gasteiger partial charge < -0.3 is 0 Å². The molecule has 0 fully saturated rings. The number of aromatic nitrogens is 2. The maximum atomic E-state index is 12.8. The molecule has 1 aromatic carbocycles. The van der Waals surface area contributed by atoms with Crippen LogP contribution in [-0.2, 0) is 6.54 Å². The molecule has 0 spiro atoms. The van der Waals surface area contributed by atoms with Gasteiger partial charge in [-0.15, -0.1) is 11.3 Å². The van der Waals surface area contributed by atoms with E-state index in [1.807, 2.05) is 32.1 Å². The topological polar surface area (TPSA) is 34.9 Å². The average molecular weight is 377 g/mol. The first kappa shape index (κ1) is 15.9. The first-order chi connectivity index (χ1) is 11.5. The van der Waals surface area contributed by atoms with E-state index >= 15 is 0 Å². The van der Waals surface area contributed by atoms with Gasteiger partial charge in [0.05, 0.1) is 5.39 Å². The lowest BCUT2D eigenvalue weighted by atomic mass is 10.1. The minimum atomic E-state index is 0.0578. The highest BCUT2D eigenvalue weighted by Gasteiger charge is 2.23. The Labute approximate surface area is 153 Å². The van der Waals surface area contributed by atoms with Crippen LogP contribution in [0.25, 0.3) is 21.9 Å². The number of nitrogens with zero attached hydrogens (tertiary/aromatic N) is 2. The Morgan fingerprint density at radius 3 is 2.83 bits per heavy atom. The number of rotatable bonds is 1. The van der Waals surface area contributed by atoms with Gasteiger partial charge in [-0.05, 0) is 55.2 Å². The molecule has 0 aliphatic carbocycles. The van der Waals surface area contributed by atoms with E-state index < -0.39 is 0 Å². The number of hydrogen-bond acceptors (Lipinski definition) is 3. The highest BCUT2D eigenvalue weighted by molar-refractivity contribution is 7.18. The van der Waals surface area contributed by atoms with E-state index in [4.69, 9.17) is 28.2 Å². The van der Waals surface area contributed by atoms with Crippen molar-refractivity contribution in [3.8, 4) is 0 Å². The van der Waals surface area contributed by atoms with Crippen LogP contribution in [0.4, 0.5) is 0 Å². The summed E-state index contributed by atoms with van der Waals surface area (Å²) in [6, 6.07) is 5.42. The molecule has 0 saturated heterocycles. The van der Waals surface area contributed by atoms with Crippen molar-refractivity contribution in [3.63, 3.8) is 0 Å². The summed E-state index contributed by atoms with van der Waals surface area (Å²) in [4.78, 5) is 19.5. The molecule has 2 aromatic heterocycles. The van der Waals surface area contributed by atoms with Crippen LogP contribution in [0.3, 0.4) is 0 Å². The molecule has 1 aliphatic rings. The first-order valence-corrected chi connectivity index (χ1v) is 9.19. The SMILES string of the molecule is Cc1sc2nc3n(c(=O)c2c1C)CC/C3=C/c1ccc(Cl)cc1Cl. The Hall–Kier alpha value is -1.62. The van der Waals surface area contributed by atoms with Gasteiger partial charge in [0.2, 0.25) is 0 Å². The summed E-state index contributed by atoms with van der Waals surface area (Å²) in [5, 5.41) is 1.96. The van der Waals surface area contributed by atoms with Crippen LogP contribution in [0.1, 0.15) is 28.2 Å². The van der Waals surface area contributed by atoms with Gasteiger partial charge in [0.1, 0.15) is 10.7 Å². The van der Waals surface area contributed by atoms with Crippen molar-refractivity contribution < 1.29 is 0 Å². The molecule has 3 heterocycles. The summed E-state index contributed by atoms with van der Waals surface area (Å²) in [6.45, 7) is 4.67. The van der Waals surface area contributed by atoms with Gasteiger partial charge in [-0.3, -0.25) is 9.36 Å². The van der Waals surface area contributed by atoms with Crippen molar-refractivity contribution in [2.75, 3.05) is 0 Å². The van der Waals surface area contributed by atoms with Crippen LogP contribution in [-0.4, -0.2) is 9.55 Å². The van der Waals surface area contributed by atoms with Crippen LogP contribution in [0.15, 0.2) is 23.0 Å². The number of aryl methyl sites for hydroxylation is 2. The zero-order valence-electron chi connectivity index (χ0n) is 13.2. The van der Waals surface area contributed by atoms with E-state index in [1.54, 1.807) is 22.0 Å². The first-order valence-electron chi connectivity index (χ1n) is 7.62. The summed E-state index contributed by atoms with van der Waals surface area (Å²) in [7, 11) is 0. The predicted octanol–water partition coefficient (Wildman–Crippen LogP) is 5.33. The van der Waals surface area contributed by atoms with Crippen LogP contribution in [0.5, 0.6) is 0 Å². The second-order valence-electron chi connectivity index (χ2n) is 5.94. The third-order valence-corrected chi connectivity index (χ3v) is 6.14. The highest BCUT2D eigenvalue weighted by Crippen LogP contribution is 2.33. The molecule has 122 valence electrons. The van der Waals surface area contributed by atoms with Crippen molar-refractivity contribution >= 4 is 56.4 Å². The van der Waals surface area contributed by atoms with Gasteiger partial charge in [-0.1, -0.05) is 29.3 Å². The molecule has 3 aromatic rings. The number of thiophene rings is 1. The molecule has 4 rings (SSSR count). The number of benzene rings is 1. The van der Waals surface area contributed by atoms with Crippen molar-refractivity contribution in [1.29, 1.82) is 0 Å². The normalized spacial score (nSPS) is 15.4. The number of fused-ring (bicyclic) bond motifs is 2. The second kappa shape index (κ2) is 5.73. The second-order valence-corrected chi connectivity index (χ2v) is 7.99. The predicted molar refractivity (Wildman–Crippen MR) is 102 cm³/mol. The van der Waals surface area contributed by atoms with Crippen LogP contribution >= 0.6 is 34.5 Å². The van der Waals surface area contributed by atoms with E-state index in [0.717, 1.165) is 44.0 Å². The average Bonchev–Trinajstić information content (AvgIpc) is 3.05. The van der Waals surface area contributed by atoms with E-state index in [1.165, 1.54) is 0 Å². The smallest absolute Gasteiger partial charge is 0.262 e. The molecule has 0 atom stereocenters. The monoisotopic (exact) mass is 376 g/mol. The van der Waals surface area contributed by atoms with Crippen molar-refractivity contribution in [2.45, 2.75) is 26.8 Å². The van der Waals surface area contributed by atoms with Gasteiger partial charge in [-0.2, -0.15) is 0 Å². The summed E-state index contributed by atoms with van der Waals surface area (Å²) in [5.41, 5.74) is 3.02. The van der Waals surface area contributed by atoms with Gasteiger partial charge in [0.15, 0.2) is 0 Å². The van der Waals surface area contributed by atoms with Gasteiger partial charge in [0, 0.05) is 21.5 Å². The molecule has 6 heteroatoms. The third kappa shape index (κ3) is 2.41. The van der Waals surface area contributed by atoms with Crippen molar-refractivity contribution in [2.24, 2.45) is 0 Å². The molecule has 24 heavy (non-hydrogen) atoms. The van der Waals surface area contributed by atoms with Gasteiger partial charge >= 0.3 is 0 Å². The fourth-order valence-corrected chi connectivity index (χ4v) is 4.55. The standard InChI is InChI=1S/C18H14Cl2N2OS/c1-9-10(2)24-17-15(9)18(23)22-6-5-12(16(22)21-17)7-11-3-4-13(19)8-14(11)20/h3-4,7-8H,5-6H2,1-2H3/b12-7-. The molecular weight excluding hydrogens is 363 g/mol. The zero-order chi connectivity index (χ0) is 17.0. The lowest BCUT2D eigenvalue weighted by molar-refractivity contribution is 0.726. The van der Waals surface area contributed by atoms with Crippen molar-refractivity contribution in [3.05, 3.63) is 60.4 Å². The molecule has 1 aliphatic heterocycles. The Balaban J connectivity index is 1.91. The highest BCUT2D eigenvalue weighted by atomic mass is 35.5. The largest absolute Gasteiger partial charge is 0.292 e. The Kier molecular flexibility index (Phi) is 3.79. The van der Waals surface area contributed by atoms with Gasteiger partial charge in [0.25, 0.3) is 5.56 Å². The number of halogens is 2. The van der Waals surface area contributed by atoms with Gasteiger partial charge in [-0.25, -0.2) is 4.98 Å². The molecule has 0 N–H and O–H groups in total. The van der Waals surface area contributed by atoms with E-state index in [-0.39, 0.29) is 5.56 Å². The molecule has 0 bridgehead atoms. The maximum Gasteiger partial charge on any atom is 0.262 e. The fraction of sp³-hybridized carbons (Fsp3) is 0.222. The molecule has 0 radical (unpaired) electrons. The van der Waals surface area contributed by atoms with Crippen LogP contribution in [0, 0.1) is 13.8 Å². The Bertz CT molecular complexity index is 1080. The fourth-order valence-electron chi connectivity index (χ4n) is 3.07. The van der Waals surface area contributed by atoms with E-state index in [2.05, 4.69) is 0 Å². The van der Waals surface area contributed by atoms with Crippen LogP contribution < -0.4 is 5.56 Å². The summed E-state index contributed by atoms with van der Waals surface area (Å²) in [5.74, 6) is 0.750. The molecule has 0 amide bonds. The quantitative estimate of drug-likeness (QED) is 0.575. The minimum Gasteiger partial charge on any atom is -0.292 e. The molecule has 0 unspecified atom stereocenters. The lowest BCUT2D eigenvalue weighted by Gasteiger charge is -2.04. The summed E-state index contributed by atoms with van der Waals surface area (Å²) < 4.78 is 1.77. The number of hydrogen-bond donors (Lipinski definition) is 0. The minimum absolute atomic E-state index is 0.0578. The Morgan fingerprint density at radius 1 is 1.29 bits per heavy atom. The van der Waals surface area contributed by atoms with E-state index in [0.29, 0.717) is 16.6 Å². The molecule has 3 nitrogen and oxygen atoms in total. The zero-order valence-corrected chi connectivity index (χ0v) is 15.5. The van der Waals surface area contributed by atoms with Crippen LogP contribution in [0.2, 0.25) is 10.0 Å². The maximum absolute atomic E-state index is 12.8. The summed E-state index contributed by atoms with van der Waals surface area (Å²) in [6.07, 6.45) is 2.78. The number of allylic oxidation sites excluding steroid dienone is 1. The van der Waals surface area contributed by atoms with Crippen molar-refractivity contribution in [1.82, 2.24) is 9.55 Å². The third-order valence-electron chi connectivity index (χ3n) is 4.47. The molecular formula is C18H14Cl2N2OS.